The van der Waals surface area contributed by atoms with Gasteiger partial charge in [-0.1, -0.05) is 33.3 Å². The second kappa shape index (κ2) is 11.5. The predicted octanol–water partition coefficient (Wildman–Crippen LogP) is 6.66. The number of hydrogen-bond donors (Lipinski definition) is 0. The van der Waals surface area contributed by atoms with Crippen molar-refractivity contribution in [2.24, 2.45) is 5.92 Å². The maximum Gasteiger partial charge on any atom is 0.231 e. The number of halogens is 1. The van der Waals surface area contributed by atoms with Gasteiger partial charge in [-0.15, -0.1) is 0 Å². The summed E-state index contributed by atoms with van der Waals surface area (Å²) < 4.78 is 26.9. The first-order valence-electron chi connectivity index (χ1n) is 12.4. The third-order valence-electron chi connectivity index (χ3n) is 6.26. The van der Waals surface area contributed by atoms with Crippen LogP contribution in [0.1, 0.15) is 57.7 Å². The molecule has 0 aliphatic carbocycles. The van der Waals surface area contributed by atoms with Crippen LogP contribution < -0.4 is 9.47 Å². The summed E-state index contributed by atoms with van der Waals surface area (Å²) >= 11 is 0. The van der Waals surface area contributed by atoms with Crippen molar-refractivity contribution in [2.45, 2.75) is 66.1 Å². The first kappa shape index (κ1) is 24.3. The van der Waals surface area contributed by atoms with E-state index in [2.05, 4.69) is 42.4 Å². The average molecular weight is 466 g/mol. The molecule has 0 saturated heterocycles. The van der Waals surface area contributed by atoms with Crippen LogP contribution in [0.5, 0.6) is 11.5 Å². The lowest BCUT2D eigenvalue weighted by Gasteiger charge is -2.24. The molecule has 2 heterocycles. The van der Waals surface area contributed by atoms with Crippen molar-refractivity contribution >= 4 is 0 Å². The number of unbranched alkanes of at least 4 members (excludes halogenated alkanes) is 1. The maximum atomic E-state index is 13.5. The molecule has 0 bridgehead atoms. The van der Waals surface area contributed by atoms with Gasteiger partial charge in [0.05, 0.1) is 11.9 Å². The lowest BCUT2D eigenvalue weighted by Crippen LogP contribution is -2.26. The van der Waals surface area contributed by atoms with E-state index in [1.807, 2.05) is 24.4 Å². The van der Waals surface area contributed by atoms with Crippen LogP contribution in [0.25, 0.3) is 11.4 Å². The Hall–Kier alpha value is -2.86. The molecule has 3 aromatic rings. The van der Waals surface area contributed by atoms with Gasteiger partial charge in [-0.2, -0.15) is 0 Å². The fourth-order valence-electron chi connectivity index (χ4n) is 4.40. The minimum atomic E-state index is -0.226. The second-order valence-corrected chi connectivity index (χ2v) is 9.52. The van der Waals surface area contributed by atoms with E-state index in [9.17, 15) is 4.39 Å². The van der Waals surface area contributed by atoms with Gasteiger partial charge in [0.15, 0.2) is 11.5 Å². The summed E-state index contributed by atoms with van der Waals surface area (Å²) in [7, 11) is 0. The molecule has 0 spiro atoms. The van der Waals surface area contributed by atoms with Gasteiger partial charge in [-0.05, 0) is 73.7 Å². The smallest absolute Gasteiger partial charge is 0.231 e. The van der Waals surface area contributed by atoms with E-state index in [0.717, 1.165) is 68.3 Å². The number of hydrogen-bond acceptors (Lipinski definition) is 4. The van der Waals surface area contributed by atoms with Crippen LogP contribution in [-0.2, 0) is 19.6 Å². The van der Waals surface area contributed by atoms with Crippen LogP contribution in [0.2, 0.25) is 0 Å². The molecule has 4 rings (SSSR count). The van der Waals surface area contributed by atoms with Crippen molar-refractivity contribution in [1.82, 2.24) is 14.5 Å². The summed E-state index contributed by atoms with van der Waals surface area (Å²) in [6, 6.07) is 12.9. The highest BCUT2D eigenvalue weighted by atomic mass is 19.1. The Morgan fingerprint density at radius 3 is 2.59 bits per heavy atom. The topological polar surface area (TPSA) is 39.5 Å². The molecule has 0 atom stereocenters. The summed E-state index contributed by atoms with van der Waals surface area (Å²) in [6.45, 7) is 10.6. The largest absolute Gasteiger partial charge is 0.454 e. The van der Waals surface area contributed by atoms with E-state index < -0.39 is 0 Å². The van der Waals surface area contributed by atoms with Gasteiger partial charge in [-0.25, -0.2) is 9.37 Å². The Bertz CT molecular complexity index is 1060. The Kier molecular flexibility index (Phi) is 8.22. The third-order valence-corrected chi connectivity index (χ3v) is 6.26. The van der Waals surface area contributed by atoms with Gasteiger partial charge < -0.3 is 14.0 Å². The number of fused-ring (bicyclic) bond motifs is 1. The summed E-state index contributed by atoms with van der Waals surface area (Å²) in [5.74, 6) is 3.01. The summed E-state index contributed by atoms with van der Waals surface area (Å²) in [6.07, 6.45) is 6.52. The molecule has 1 aromatic heterocycles. The van der Waals surface area contributed by atoms with E-state index in [1.54, 1.807) is 0 Å². The highest BCUT2D eigenvalue weighted by Gasteiger charge is 2.18. The molecule has 6 heteroatoms. The van der Waals surface area contributed by atoms with Crippen LogP contribution in [0.15, 0.2) is 48.7 Å². The molecule has 1 aliphatic rings. The van der Waals surface area contributed by atoms with E-state index in [-0.39, 0.29) is 5.82 Å². The zero-order chi connectivity index (χ0) is 23.9. The first-order valence-corrected chi connectivity index (χ1v) is 12.4. The van der Waals surface area contributed by atoms with Crippen LogP contribution in [0.4, 0.5) is 4.39 Å². The first-order chi connectivity index (χ1) is 16.5. The van der Waals surface area contributed by atoms with Crippen LogP contribution >= 0.6 is 0 Å². The van der Waals surface area contributed by atoms with Crippen LogP contribution in [0.3, 0.4) is 0 Å². The fourth-order valence-corrected chi connectivity index (χ4v) is 4.40. The highest BCUT2D eigenvalue weighted by Crippen LogP contribution is 2.33. The average Bonchev–Trinajstić information content (AvgIpc) is 3.44. The molecule has 1 aliphatic heterocycles. The second-order valence-electron chi connectivity index (χ2n) is 9.52. The van der Waals surface area contributed by atoms with E-state index in [4.69, 9.17) is 14.5 Å². The van der Waals surface area contributed by atoms with Crippen molar-refractivity contribution in [3.63, 3.8) is 0 Å². The van der Waals surface area contributed by atoms with E-state index in [1.165, 1.54) is 29.8 Å². The lowest BCUT2D eigenvalue weighted by atomic mass is 10.1. The molecule has 0 unspecified atom stereocenters. The number of rotatable bonds is 12. The van der Waals surface area contributed by atoms with Crippen molar-refractivity contribution in [3.05, 3.63) is 65.7 Å². The normalized spacial score (nSPS) is 12.8. The Balaban J connectivity index is 1.57. The molecule has 0 fully saturated rings. The summed E-state index contributed by atoms with van der Waals surface area (Å²) in [5, 5.41) is 0. The van der Waals surface area contributed by atoms with Crippen LogP contribution in [0, 0.1) is 11.7 Å². The quantitative estimate of drug-likeness (QED) is 0.300. The molecule has 0 saturated carbocycles. The van der Waals surface area contributed by atoms with Gasteiger partial charge >= 0.3 is 0 Å². The highest BCUT2D eigenvalue weighted by molar-refractivity contribution is 5.56. The molecule has 34 heavy (non-hydrogen) atoms. The summed E-state index contributed by atoms with van der Waals surface area (Å²) in [5.41, 5.74) is 3.36. The Labute approximate surface area is 202 Å². The van der Waals surface area contributed by atoms with Gasteiger partial charge in [0.2, 0.25) is 6.79 Å². The molecule has 0 radical (unpaired) electrons. The van der Waals surface area contributed by atoms with E-state index >= 15 is 0 Å². The molecular formula is C28H36FN3O2. The van der Waals surface area contributed by atoms with Crippen molar-refractivity contribution in [3.8, 4) is 22.9 Å². The lowest BCUT2D eigenvalue weighted by molar-refractivity contribution is 0.174. The molecule has 0 amide bonds. The van der Waals surface area contributed by atoms with Gasteiger partial charge in [0.25, 0.3) is 0 Å². The maximum absolute atomic E-state index is 13.5. The van der Waals surface area contributed by atoms with Crippen molar-refractivity contribution in [2.75, 3.05) is 13.3 Å². The number of imidazole rings is 1. The molecule has 2 aromatic carbocycles. The van der Waals surface area contributed by atoms with Crippen molar-refractivity contribution < 1.29 is 13.9 Å². The minimum absolute atomic E-state index is 0.226. The number of ether oxygens (including phenoxy) is 2. The van der Waals surface area contributed by atoms with Gasteiger partial charge in [-0.3, -0.25) is 4.90 Å². The molecule has 5 nitrogen and oxygen atoms in total. The zero-order valence-electron chi connectivity index (χ0n) is 20.6. The van der Waals surface area contributed by atoms with Crippen molar-refractivity contribution in [1.29, 1.82) is 0 Å². The minimum Gasteiger partial charge on any atom is -0.454 e. The van der Waals surface area contributed by atoms with Gasteiger partial charge in [0, 0.05) is 25.2 Å². The monoisotopic (exact) mass is 465 g/mol. The molecular weight excluding hydrogens is 429 g/mol. The number of aromatic nitrogens is 2. The number of benzene rings is 2. The zero-order valence-corrected chi connectivity index (χ0v) is 20.6. The van der Waals surface area contributed by atoms with Crippen LogP contribution in [-0.4, -0.2) is 27.8 Å². The third kappa shape index (κ3) is 6.17. The Morgan fingerprint density at radius 2 is 1.82 bits per heavy atom. The fraction of sp³-hybridized carbons (Fsp3) is 0.464. The molecule has 0 N–H and O–H groups in total. The predicted molar refractivity (Wildman–Crippen MR) is 133 cm³/mol. The van der Waals surface area contributed by atoms with Gasteiger partial charge in [0.1, 0.15) is 11.6 Å². The van der Waals surface area contributed by atoms with E-state index in [0.29, 0.717) is 12.7 Å². The SMILES string of the molecule is CCCCn1c(CN(CCCC(C)C)Cc2ccc3c(c2)OCO3)cnc1-c1ccc(F)cc1. The Morgan fingerprint density at radius 1 is 1.03 bits per heavy atom. The standard InChI is InChI=1S/C28H36FN3O2/c1-4-5-15-32-25(17-30-28(32)23-9-11-24(29)12-10-23)19-31(14-6-7-21(2)3)18-22-8-13-26-27(16-22)34-20-33-26/h8-13,16-17,21H,4-7,14-15,18-20H2,1-3H3. The molecule has 182 valence electrons. The summed E-state index contributed by atoms with van der Waals surface area (Å²) in [4.78, 5) is 7.26. The number of nitrogens with zero attached hydrogens (tertiary/aromatic N) is 3.